The summed E-state index contributed by atoms with van der Waals surface area (Å²) in [4.78, 5) is 12.7. The van der Waals surface area contributed by atoms with E-state index in [0.717, 1.165) is 33.7 Å². The van der Waals surface area contributed by atoms with Gasteiger partial charge in [0, 0.05) is 53.5 Å². The van der Waals surface area contributed by atoms with E-state index in [4.69, 9.17) is 9.97 Å². The summed E-state index contributed by atoms with van der Waals surface area (Å²) in [7, 11) is 0. The zero-order chi connectivity index (χ0) is 32.1. The van der Waals surface area contributed by atoms with Crippen LogP contribution in [0.25, 0.3) is 88.5 Å². The minimum atomic E-state index is 0.740. The second-order valence-electron chi connectivity index (χ2n) is 12.6. The molecule has 4 nitrogen and oxygen atoms in total. The number of rotatable bonds is 3. The number of hydrogen-bond acceptors (Lipinski definition) is 3. The van der Waals surface area contributed by atoms with Gasteiger partial charge < -0.3 is 9.13 Å². The highest BCUT2D eigenvalue weighted by atomic mass is 32.2. The first-order valence-corrected chi connectivity index (χ1v) is 17.3. The van der Waals surface area contributed by atoms with Gasteiger partial charge in [-0.25, -0.2) is 9.97 Å². The zero-order valence-electron chi connectivity index (χ0n) is 26.2. The summed E-state index contributed by atoms with van der Waals surface area (Å²) in [6.07, 6.45) is 0. The van der Waals surface area contributed by atoms with Crippen LogP contribution in [0, 0.1) is 0 Å². The Hall–Kier alpha value is -6.17. The van der Waals surface area contributed by atoms with Crippen molar-refractivity contribution in [1.82, 2.24) is 19.1 Å². The molecule has 1 aliphatic rings. The lowest BCUT2D eigenvalue weighted by Crippen LogP contribution is -2.00. The van der Waals surface area contributed by atoms with Gasteiger partial charge in [0.15, 0.2) is 5.82 Å². The molecule has 0 spiro atoms. The number of aromatic nitrogens is 4. The average Bonchev–Trinajstić information content (AvgIpc) is 3.68. The van der Waals surface area contributed by atoms with Crippen LogP contribution in [0.4, 0.5) is 0 Å². The predicted molar refractivity (Wildman–Crippen MR) is 203 cm³/mol. The Kier molecular flexibility index (Phi) is 5.57. The third-order valence-electron chi connectivity index (χ3n) is 9.93. The molecule has 1 aliphatic heterocycles. The second-order valence-corrected chi connectivity index (χ2v) is 13.7. The van der Waals surface area contributed by atoms with Crippen molar-refractivity contribution in [2.75, 3.05) is 0 Å². The van der Waals surface area contributed by atoms with Gasteiger partial charge in [-0.1, -0.05) is 96.7 Å². The largest absolute Gasteiger partial charge is 0.309 e. The Morgan fingerprint density at radius 2 is 1.04 bits per heavy atom. The summed E-state index contributed by atoms with van der Waals surface area (Å²) >= 11 is 1.80. The molecule has 0 bridgehead atoms. The Morgan fingerprint density at radius 1 is 0.429 bits per heavy atom. The van der Waals surface area contributed by atoms with Gasteiger partial charge in [0.1, 0.15) is 0 Å². The molecule has 228 valence electrons. The maximum absolute atomic E-state index is 5.19. The van der Waals surface area contributed by atoms with Crippen molar-refractivity contribution in [3.63, 3.8) is 0 Å². The van der Waals surface area contributed by atoms with Gasteiger partial charge in [-0.05, 0) is 72.8 Å². The summed E-state index contributed by atoms with van der Waals surface area (Å²) in [5.41, 5.74) is 11.2. The first-order valence-electron chi connectivity index (χ1n) is 16.5. The standard InChI is InChI=1S/C44H26N4S/c1-5-16-34-29(11-1)30-12-2-6-17-35(30)48(34)38-20-10-19-37-41(38)31-13-3-7-18-36(31)47(37)28-25-23-27(24-26-28)44-45-33-15-9-22-40-42(33)43(46-44)32-14-4-8-21-39(32)49-40/h1-26H. The number of benzene rings is 7. The minimum Gasteiger partial charge on any atom is -0.309 e. The van der Waals surface area contributed by atoms with Crippen LogP contribution in [-0.2, 0) is 0 Å². The van der Waals surface area contributed by atoms with Crippen LogP contribution in [0.1, 0.15) is 0 Å². The third kappa shape index (κ3) is 3.82. The molecule has 0 fully saturated rings. The molecular weight excluding hydrogens is 617 g/mol. The van der Waals surface area contributed by atoms with Crippen LogP contribution in [0.2, 0.25) is 0 Å². The van der Waals surface area contributed by atoms with E-state index in [0.29, 0.717) is 0 Å². The van der Waals surface area contributed by atoms with Crippen molar-refractivity contribution in [3.05, 3.63) is 158 Å². The van der Waals surface area contributed by atoms with Crippen LogP contribution in [0.5, 0.6) is 0 Å². The van der Waals surface area contributed by atoms with Crippen molar-refractivity contribution >= 4 is 66.3 Å². The first kappa shape index (κ1) is 26.9. The fraction of sp³-hybridized carbons (Fsp3) is 0. The highest BCUT2D eigenvalue weighted by Crippen LogP contribution is 2.47. The number of nitrogens with zero attached hydrogens (tertiary/aromatic N) is 4. The van der Waals surface area contributed by atoms with Gasteiger partial charge in [-0.2, -0.15) is 0 Å². The summed E-state index contributed by atoms with van der Waals surface area (Å²) < 4.78 is 4.81. The SMILES string of the molecule is c1ccc2c(c1)Sc1cccc3nc(-c4ccc(-n5c6ccccc6c6c(-n7c8ccccc8c8ccccc87)cccc65)cc4)nc-2c13. The second kappa shape index (κ2) is 10.2. The fourth-order valence-electron chi connectivity index (χ4n) is 7.84. The molecule has 10 aromatic rings. The molecule has 49 heavy (non-hydrogen) atoms. The molecule has 0 radical (unpaired) electrons. The molecule has 0 saturated carbocycles. The van der Waals surface area contributed by atoms with Gasteiger partial charge in [-0.3, -0.25) is 0 Å². The Labute approximate surface area is 285 Å². The Balaban J connectivity index is 1.10. The fourth-order valence-corrected chi connectivity index (χ4v) is 8.95. The summed E-state index contributed by atoms with van der Waals surface area (Å²) in [6.45, 7) is 0. The Bertz CT molecular complexity index is 2920. The maximum Gasteiger partial charge on any atom is 0.160 e. The van der Waals surface area contributed by atoms with Gasteiger partial charge in [0.05, 0.1) is 39.0 Å². The molecule has 0 aliphatic carbocycles. The highest BCUT2D eigenvalue weighted by Gasteiger charge is 2.23. The van der Waals surface area contributed by atoms with Gasteiger partial charge in [0.2, 0.25) is 0 Å². The molecule has 0 atom stereocenters. The molecular formula is C44H26N4S. The monoisotopic (exact) mass is 642 g/mol. The van der Waals surface area contributed by atoms with E-state index in [9.17, 15) is 0 Å². The van der Waals surface area contributed by atoms with Crippen LogP contribution in [0.15, 0.2) is 168 Å². The molecule has 0 amide bonds. The summed E-state index contributed by atoms with van der Waals surface area (Å²) in [5, 5.41) is 6.12. The zero-order valence-corrected chi connectivity index (χ0v) is 27.0. The lowest BCUT2D eigenvalue weighted by Gasteiger charge is -2.19. The topological polar surface area (TPSA) is 35.6 Å². The summed E-state index contributed by atoms with van der Waals surface area (Å²) in [6, 6.07) is 56.5. The average molecular weight is 643 g/mol. The molecule has 0 N–H and O–H groups in total. The van der Waals surface area contributed by atoms with Gasteiger partial charge in [-0.15, -0.1) is 0 Å². The molecule has 5 heteroatoms. The molecule has 11 rings (SSSR count). The van der Waals surface area contributed by atoms with E-state index < -0.39 is 0 Å². The van der Waals surface area contributed by atoms with Gasteiger partial charge >= 0.3 is 0 Å². The molecule has 4 heterocycles. The van der Waals surface area contributed by atoms with Crippen molar-refractivity contribution in [2.45, 2.75) is 9.79 Å². The van der Waals surface area contributed by atoms with Crippen molar-refractivity contribution in [1.29, 1.82) is 0 Å². The number of hydrogen-bond donors (Lipinski definition) is 0. The summed E-state index contributed by atoms with van der Waals surface area (Å²) in [5.74, 6) is 0.740. The normalized spacial score (nSPS) is 12.4. The third-order valence-corrected chi connectivity index (χ3v) is 11.1. The molecule has 0 saturated heterocycles. The van der Waals surface area contributed by atoms with E-state index in [1.807, 2.05) is 0 Å². The van der Waals surface area contributed by atoms with Gasteiger partial charge in [0.25, 0.3) is 0 Å². The highest BCUT2D eigenvalue weighted by molar-refractivity contribution is 7.99. The van der Waals surface area contributed by atoms with E-state index in [1.165, 1.54) is 64.7 Å². The lowest BCUT2D eigenvalue weighted by atomic mass is 10.0. The number of para-hydroxylation sites is 3. The van der Waals surface area contributed by atoms with E-state index in [-0.39, 0.29) is 0 Å². The Morgan fingerprint density at radius 3 is 1.82 bits per heavy atom. The lowest BCUT2D eigenvalue weighted by molar-refractivity contribution is 1.16. The smallest absolute Gasteiger partial charge is 0.160 e. The maximum atomic E-state index is 5.19. The van der Waals surface area contributed by atoms with E-state index in [1.54, 1.807) is 11.8 Å². The molecule has 3 aromatic heterocycles. The van der Waals surface area contributed by atoms with E-state index >= 15 is 0 Å². The first-order chi connectivity index (χ1) is 24.3. The van der Waals surface area contributed by atoms with E-state index in [2.05, 4.69) is 167 Å². The van der Waals surface area contributed by atoms with Crippen LogP contribution in [0.3, 0.4) is 0 Å². The van der Waals surface area contributed by atoms with Crippen LogP contribution in [-0.4, -0.2) is 19.1 Å². The molecule has 7 aromatic carbocycles. The minimum absolute atomic E-state index is 0.740. The van der Waals surface area contributed by atoms with Crippen LogP contribution >= 0.6 is 11.8 Å². The van der Waals surface area contributed by atoms with Crippen molar-refractivity contribution in [3.8, 4) is 34.0 Å². The van der Waals surface area contributed by atoms with Crippen LogP contribution < -0.4 is 0 Å². The van der Waals surface area contributed by atoms with Crippen molar-refractivity contribution in [2.24, 2.45) is 0 Å². The van der Waals surface area contributed by atoms with Crippen molar-refractivity contribution < 1.29 is 0 Å². The quantitative estimate of drug-likeness (QED) is 0.192. The number of fused-ring (bicyclic) bond motifs is 8. The predicted octanol–water partition coefficient (Wildman–Crippen LogP) is 11.6. The molecule has 0 unspecified atom stereocenters.